The Balaban J connectivity index is 2.70. The van der Waals surface area contributed by atoms with E-state index < -0.39 is 66.1 Å². The van der Waals surface area contributed by atoms with Crippen molar-refractivity contribution in [1.82, 2.24) is 0 Å². The zero-order valence-corrected chi connectivity index (χ0v) is 22.7. The van der Waals surface area contributed by atoms with E-state index in [9.17, 15) is 24.6 Å². The van der Waals surface area contributed by atoms with Crippen LogP contribution in [0.2, 0.25) is 0 Å². The quantitative estimate of drug-likeness (QED) is 0.290. The monoisotopic (exact) mass is 524 g/mol. The van der Waals surface area contributed by atoms with Gasteiger partial charge in [0.2, 0.25) is 6.29 Å². The van der Waals surface area contributed by atoms with Gasteiger partial charge in [-0.2, -0.15) is 0 Å². The lowest BCUT2D eigenvalue weighted by molar-refractivity contribution is -0.183. The van der Waals surface area contributed by atoms with E-state index in [0.29, 0.717) is 17.6 Å². The van der Waals surface area contributed by atoms with Crippen molar-refractivity contribution in [2.45, 2.75) is 97.1 Å². The number of rotatable bonds is 7. The van der Waals surface area contributed by atoms with Gasteiger partial charge in [0.1, 0.15) is 6.10 Å². The van der Waals surface area contributed by atoms with Gasteiger partial charge in [0, 0.05) is 39.4 Å². The molecule has 1 saturated carbocycles. The molecule has 2 rings (SSSR count). The SMILES string of the molecule is C=C1C[C@@H](O)[C@H](O)[C@@](C)(OC)CC[C@@H]2C([C@@H](OC(C)=O)[C@H](C=C(C)C)OC(C)=O)=CO[C@H](OC(C)=O)[C@@H]12. The van der Waals surface area contributed by atoms with Crippen LogP contribution in [0.1, 0.15) is 60.8 Å². The smallest absolute Gasteiger partial charge is 0.305 e. The maximum absolute atomic E-state index is 12.2. The van der Waals surface area contributed by atoms with Crippen LogP contribution >= 0.6 is 0 Å². The first-order valence-corrected chi connectivity index (χ1v) is 12.3. The third kappa shape index (κ3) is 7.66. The highest BCUT2D eigenvalue weighted by Crippen LogP contribution is 2.45. The average Bonchev–Trinajstić information content (AvgIpc) is 2.81. The Kier molecular flexibility index (Phi) is 10.5. The highest BCUT2D eigenvalue weighted by atomic mass is 16.7. The van der Waals surface area contributed by atoms with Crippen molar-refractivity contribution in [3.63, 3.8) is 0 Å². The summed E-state index contributed by atoms with van der Waals surface area (Å²) in [4.78, 5) is 36.1. The molecule has 2 N–H and O–H groups in total. The number of hydrogen-bond acceptors (Lipinski definition) is 10. The molecule has 37 heavy (non-hydrogen) atoms. The van der Waals surface area contributed by atoms with Crippen LogP contribution in [0.4, 0.5) is 0 Å². The lowest BCUT2D eigenvalue weighted by Crippen LogP contribution is -2.48. The first-order valence-electron chi connectivity index (χ1n) is 12.3. The third-order valence-electron chi connectivity index (χ3n) is 6.85. The maximum Gasteiger partial charge on any atom is 0.305 e. The van der Waals surface area contributed by atoms with Gasteiger partial charge in [0.25, 0.3) is 0 Å². The molecular formula is C27H40O10. The van der Waals surface area contributed by atoms with Crippen molar-refractivity contribution in [3.8, 4) is 0 Å². The summed E-state index contributed by atoms with van der Waals surface area (Å²) in [6.45, 7) is 13.2. The van der Waals surface area contributed by atoms with Gasteiger partial charge in [-0.05, 0) is 46.1 Å². The predicted octanol–water partition coefficient (Wildman–Crippen LogP) is 2.72. The normalized spacial score (nSPS) is 31.5. The van der Waals surface area contributed by atoms with E-state index in [0.717, 1.165) is 5.57 Å². The number of aliphatic hydroxyl groups excluding tert-OH is 2. The molecule has 10 heteroatoms. The molecule has 1 aliphatic carbocycles. The van der Waals surface area contributed by atoms with Crippen LogP contribution in [0.3, 0.4) is 0 Å². The predicted molar refractivity (Wildman–Crippen MR) is 133 cm³/mol. The molecule has 0 unspecified atom stereocenters. The second-order valence-corrected chi connectivity index (χ2v) is 10.1. The van der Waals surface area contributed by atoms with Gasteiger partial charge in [-0.3, -0.25) is 14.4 Å². The minimum absolute atomic E-state index is 0.0186. The fourth-order valence-corrected chi connectivity index (χ4v) is 5.02. The molecule has 0 aromatic rings. The van der Waals surface area contributed by atoms with Gasteiger partial charge >= 0.3 is 17.9 Å². The van der Waals surface area contributed by atoms with Crippen molar-refractivity contribution in [1.29, 1.82) is 0 Å². The molecule has 0 bridgehead atoms. The van der Waals surface area contributed by atoms with E-state index >= 15 is 0 Å². The Morgan fingerprint density at radius 3 is 2.24 bits per heavy atom. The number of carbonyl (C=O) groups excluding carboxylic acids is 3. The van der Waals surface area contributed by atoms with E-state index in [1.165, 1.54) is 34.1 Å². The molecule has 0 amide bonds. The van der Waals surface area contributed by atoms with Crippen LogP contribution in [0, 0.1) is 11.8 Å². The highest BCUT2D eigenvalue weighted by molar-refractivity contribution is 5.68. The van der Waals surface area contributed by atoms with Gasteiger partial charge in [-0.15, -0.1) is 0 Å². The number of hydrogen-bond donors (Lipinski definition) is 2. The average molecular weight is 525 g/mol. The minimum Gasteiger partial charge on any atom is -0.462 e. The second kappa shape index (κ2) is 12.7. The second-order valence-electron chi connectivity index (χ2n) is 10.1. The number of ether oxygens (including phenoxy) is 5. The van der Waals surface area contributed by atoms with Crippen LogP contribution in [-0.2, 0) is 38.1 Å². The van der Waals surface area contributed by atoms with Crippen molar-refractivity contribution in [2.24, 2.45) is 11.8 Å². The lowest BCUT2D eigenvalue weighted by atomic mass is 9.73. The fourth-order valence-electron chi connectivity index (χ4n) is 5.02. The Morgan fingerprint density at radius 2 is 1.73 bits per heavy atom. The molecule has 1 aliphatic heterocycles. The van der Waals surface area contributed by atoms with Crippen LogP contribution in [0.15, 0.2) is 35.6 Å². The summed E-state index contributed by atoms with van der Waals surface area (Å²) >= 11 is 0. The minimum atomic E-state index is -1.22. The highest BCUT2D eigenvalue weighted by Gasteiger charge is 2.49. The van der Waals surface area contributed by atoms with Gasteiger partial charge in [0.15, 0.2) is 12.2 Å². The van der Waals surface area contributed by atoms with Gasteiger partial charge < -0.3 is 33.9 Å². The molecule has 0 saturated heterocycles. The van der Waals surface area contributed by atoms with Crippen LogP contribution in [0.25, 0.3) is 0 Å². The molecule has 0 radical (unpaired) electrons. The number of fused-ring (bicyclic) bond motifs is 1. The van der Waals surface area contributed by atoms with Gasteiger partial charge in [0.05, 0.1) is 23.9 Å². The molecule has 0 spiro atoms. The molecule has 1 fully saturated rings. The summed E-state index contributed by atoms with van der Waals surface area (Å²) in [6, 6.07) is 0. The molecule has 8 atom stereocenters. The molecule has 208 valence electrons. The molecule has 10 nitrogen and oxygen atoms in total. The number of aliphatic hydroxyl groups is 2. The molecule has 2 aliphatic rings. The van der Waals surface area contributed by atoms with Gasteiger partial charge in [-0.25, -0.2) is 0 Å². The molecule has 0 aromatic carbocycles. The van der Waals surface area contributed by atoms with E-state index in [1.54, 1.807) is 13.0 Å². The largest absolute Gasteiger partial charge is 0.462 e. The lowest BCUT2D eigenvalue weighted by Gasteiger charge is -2.41. The summed E-state index contributed by atoms with van der Waals surface area (Å²) in [5.41, 5.74) is 0.674. The fraction of sp³-hybridized carbons (Fsp3) is 0.667. The number of allylic oxidation sites excluding steroid dienone is 1. The summed E-state index contributed by atoms with van der Waals surface area (Å²) in [6.07, 6.45) is -1.83. The first kappa shape index (κ1) is 30.5. The zero-order chi connectivity index (χ0) is 28.1. The number of methoxy groups -OCH3 is 1. The van der Waals surface area contributed by atoms with Crippen molar-refractivity contribution < 1.29 is 48.3 Å². The molecular weight excluding hydrogens is 484 g/mol. The Hall–Kier alpha value is -2.69. The Labute approximate surface area is 218 Å². The van der Waals surface area contributed by atoms with E-state index in [2.05, 4.69) is 6.58 Å². The summed E-state index contributed by atoms with van der Waals surface area (Å²) in [7, 11) is 1.45. The van der Waals surface area contributed by atoms with Crippen molar-refractivity contribution >= 4 is 17.9 Å². The summed E-state index contributed by atoms with van der Waals surface area (Å²) < 4.78 is 28.2. The molecule has 1 heterocycles. The molecule has 0 aromatic heterocycles. The van der Waals surface area contributed by atoms with E-state index in [1.807, 2.05) is 13.8 Å². The van der Waals surface area contributed by atoms with Crippen LogP contribution in [0.5, 0.6) is 0 Å². The zero-order valence-electron chi connectivity index (χ0n) is 22.7. The number of esters is 3. The number of carbonyl (C=O) groups is 3. The summed E-state index contributed by atoms with van der Waals surface area (Å²) in [5, 5.41) is 21.7. The Bertz CT molecular complexity index is 933. The third-order valence-corrected chi connectivity index (χ3v) is 6.85. The van der Waals surface area contributed by atoms with Crippen LogP contribution in [-0.4, -0.2) is 71.5 Å². The maximum atomic E-state index is 12.2. The first-order chi connectivity index (χ1) is 17.2. The van der Waals surface area contributed by atoms with E-state index in [-0.39, 0.29) is 12.8 Å². The van der Waals surface area contributed by atoms with Crippen LogP contribution < -0.4 is 0 Å². The van der Waals surface area contributed by atoms with Gasteiger partial charge in [-0.1, -0.05) is 17.7 Å². The summed E-state index contributed by atoms with van der Waals surface area (Å²) in [5.74, 6) is -2.89. The Morgan fingerprint density at radius 1 is 1.11 bits per heavy atom. The van der Waals surface area contributed by atoms with E-state index in [4.69, 9.17) is 23.7 Å². The standard InChI is InChI=1S/C27H40O10/c1-14(2)11-22(35-16(4)28)24(36-17(5)29)20-13-34-26(37-18(6)30)23-15(3)12-21(31)25(32)27(7,33-8)10-9-19(20)23/h11,13,19,21-26,31-32H,3,9-10,12H2,1-2,4-8H3/t19-,21-,22+,23+,24-,25+,26-,27+/m1/s1. The van der Waals surface area contributed by atoms with Crippen molar-refractivity contribution in [2.75, 3.05) is 7.11 Å². The van der Waals surface area contributed by atoms with Crippen molar-refractivity contribution in [3.05, 3.63) is 35.6 Å². The topological polar surface area (TPSA) is 138 Å².